The summed E-state index contributed by atoms with van der Waals surface area (Å²) < 4.78 is 4.45. The van der Waals surface area contributed by atoms with Crippen LogP contribution in [0.2, 0.25) is 0 Å². The second-order valence-electron chi connectivity index (χ2n) is 8.54. The fourth-order valence-electron chi connectivity index (χ4n) is 4.82. The SMILES string of the molecule is Cc1cc(N2C(=S)N[C@H](c3ccccn3)[C@H]2c2cc(C)n(-c3ccccc3Br)c2C)ccc1Br. The Labute approximate surface area is 222 Å². The van der Waals surface area contributed by atoms with Crippen molar-refractivity contribution in [2.45, 2.75) is 32.9 Å². The second-order valence-corrected chi connectivity index (χ2v) is 10.6. The van der Waals surface area contributed by atoms with Gasteiger partial charge in [-0.2, -0.15) is 0 Å². The number of benzene rings is 2. The summed E-state index contributed by atoms with van der Waals surface area (Å²) in [5.41, 5.74) is 7.89. The maximum absolute atomic E-state index is 5.91. The number of pyridine rings is 1. The van der Waals surface area contributed by atoms with Crippen molar-refractivity contribution in [2.75, 3.05) is 4.90 Å². The highest BCUT2D eigenvalue weighted by molar-refractivity contribution is 9.10. The minimum absolute atomic E-state index is 0.0505. The Balaban J connectivity index is 1.70. The van der Waals surface area contributed by atoms with E-state index in [1.54, 1.807) is 0 Å². The number of anilines is 1. The van der Waals surface area contributed by atoms with Crippen LogP contribution in [0.5, 0.6) is 0 Å². The van der Waals surface area contributed by atoms with Gasteiger partial charge in [0.2, 0.25) is 0 Å². The highest BCUT2D eigenvalue weighted by Crippen LogP contribution is 2.44. The Kier molecular flexibility index (Phi) is 6.35. The van der Waals surface area contributed by atoms with E-state index < -0.39 is 0 Å². The predicted molar refractivity (Wildman–Crippen MR) is 150 cm³/mol. The van der Waals surface area contributed by atoms with Crippen LogP contribution >= 0.6 is 44.1 Å². The fourth-order valence-corrected chi connectivity index (χ4v) is 5.87. The first-order valence-corrected chi connectivity index (χ1v) is 13.1. The molecule has 7 heteroatoms. The van der Waals surface area contributed by atoms with Crippen LogP contribution in [0.1, 0.15) is 40.3 Å². The minimum atomic E-state index is -0.0779. The van der Waals surface area contributed by atoms with Gasteiger partial charge >= 0.3 is 0 Å². The summed E-state index contributed by atoms with van der Waals surface area (Å²) in [4.78, 5) is 6.93. The summed E-state index contributed by atoms with van der Waals surface area (Å²) in [5.74, 6) is 0. The van der Waals surface area contributed by atoms with Gasteiger partial charge in [-0.15, -0.1) is 0 Å². The number of hydrogen-bond acceptors (Lipinski definition) is 2. The summed E-state index contributed by atoms with van der Waals surface area (Å²) in [6.07, 6.45) is 1.84. The molecule has 0 radical (unpaired) electrons. The summed E-state index contributed by atoms with van der Waals surface area (Å²) in [6.45, 7) is 6.44. The monoisotopic (exact) mass is 594 g/mol. The third kappa shape index (κ3) is 4.00. The molecular weight excluding hydrogens is 572 g/mol. The molecule has 172 valence electrons. The van der Waals surface area contributed by atoms with Crippen molar-refractivity contribution in [1.82, 2.24) is 14.9 Å². The molecule has 0 unspecified atom stereocenters. The normalized spacial score (nSPS) is 17.8. The third-order valence-electron chi connectivity index (χ3n) is 6.40. The fraction of sp³-hybridized carbons (Fsp3) is 0.185. The van der Waals surface area contributed by atoms with E-state index >= 15 is 0 Å². The van der Waals surface area contributed by atoms with Crippen LogP contribution in [0.3, 0.4) is 0 Å². The Morgan fingerprint density at radius 1 is 0.912 bits per heavy atom. The van der Waals surface area contributed by atoms with E-state index in [9.17, 15) is 0 Å². The predicted octanol–water partition coefficient (Wildman–Crippen LogP) is 7.50. The van der Waals surface area contributed by atoms with E-state index in [0.29, 0.717) is 5.11 Å². The Bertz CT molecular complexity index is 1380. The Hall–Kier alpha value is -2.48. The molecule has 5 rings (SSSR count). The van der Waals surface area contributed by atoms with Crippen LogP contribution in [0, 0.1) is 20.8 Å². The summed E-state index contributed by atoms with van der Waals surface area (Å²) in [7, 11) is 0. The molecule has 0 bridgehead atoms. The average molecular weight is 596 g/mol. The molecule has 4 aromatic rings. The first kappa shape index (κ1) is 23.3. The zero-order valence-electron chi connectivity index (χ0n) is 19.1. The van der Waals surface area contributed by atoms with Gasteiger partial charge in [-0.25, -0.2) is 0 Å². The molecule has 4 nitrogen and oxygen atoms in total. The van der Waals surface area contributed by atoms with Crippen molar-refractivity contribution in [2.24, 2.45) is 0 Å². The molecule has 1 fully saturated rings. The second kappa shape index (κ2) is 9.29. The van der Waals surface area contributed by atoms with Gasteiger partial charge in [-0.1, -0.05) is 34.1 Å². The van der Waals surface area contributed by atoms with E-state index in [4.69, 9.17) is 17.2 Å². The number of halogens is 2. The molecule has 34 heavy (non-hydrogen) atoms. The lowest BCUT2D eigenvalue weighted by molar-refractivity contribution is 0.565. The number of nitrogens with zero attached hydrogens (tertiary/aromatic N) is 3. The van der Waals surface area contributed by atoms with E-state index in [2.05, 4.69) is 116 Å². The van der Waals surface area contributed by atoms with Crippen LogP contribution in [0.25, 0.3) is 5.69 Å². The first-order chi connectivity index (χ1) is 16.4. The molecule has 0 amide bonds. The molecular formula is C27H24Br2N4S. The van der Waals surface area contributed by atoms with Gasteiger partial charge in [0.05, 0.1) is 23.5 Å². The lowest BCUT2D eigenvalue weighted by Crippen LogP contribution is -2.29. The number of nitrogens with one attached hydrogen (secondary N) is 1. The maximum Gasteiger partial charge on any atom is 0.174 e. The standard InChI is InChI=1S/C27H24Br2N4S/c1-16-14-19(11-12-21(16)28)33-26(25(31-27(33)34)23-9-6-7-13-30-23)20-15-17(2)32(18(20)3)24-10-5-4-8-22(24)29/h4-15,25-26H,1-3H3,(H,31,34)/t25-,26-/m1/s1. The van der Waals surface area contributed by atoms with Crippen molar-refractivity contribution in [3.05, 3.63) is 110 Å². The number of thiocarbonyl (C=S) groups is 1. The molecule has 2 atom stereocenters. The number of rotatable bonds is 4. The van der Waals surface area contributed by atoms with Gasteiger partial charge in [-0.3, -0.25) is 4.98 Å². The van der Waals surface area contributed by atoms with Gasteiger partial charge < -0.3 is 14.8 Å². The minimum Gasteiger partial charge on any atom is -0.351 e. The zero-order chi connectivity index (χ0) is 24.0. The van der Waals surface area contributed by atoms with Crippen molar-refractivity contribution >= 4 is 54.9 Å². The molecule has 1 aliphatic rings. The van der Waals surface area contributed by atoms with Gasteiger partial charge in [0.25, 0.3) is 0 Å². The van der Waals surface area contributed by atoms with Crippen LogP contribution in [0.15, 0.2) is 81.9 Å². The van der Waals surface area contributed by atoms with Gasteiger partial charge in [-0.05, 0) is 109 Å². The summed E-state index contributed by atoms with van der Waals surface area (Å²) >= 11 is 13.3. The first-order valence-electron chi connectivity index (χ1n) is 11.1. The van der Waals surface area contributed by atoms with Crippen molar-refractivity contribution < 1.29 is 0 Å². The summed E-state index contributed by atoms with van der Waals surface area (Å²) in [6, 6.07) is 22.9. The van der Waals surface area contributed by atoms with E-state index in [1.807, 2.05) is 24.4 Å². The molecule has 1 N–H and O–H groups in total. The van der Waals surface area contributed by atoms with Crippen LogP contribution in [-0.2, 0) is 0 Å². The third-order valence-corrected chi connectivity index (χ3v) is 8.27. The highest BCUT2D eigenvalue weighted by Gasteiger charge is 2.42. The topological polar surface area (TPSA) is 33.1 Å². The van der Waals surface area contributed by atoms with Crippen LogP contribution in [-0.4, -0.2) is 14.7 Å². The zero-order valence-corrected chi connectivity index (χ0v) is 23.1. The average Bonchev–Trinajstić information content (AvgIpc) is 3.32. The molecule has 2 aromatic carbocycles. The van der Waals surface area contributed by atoms with E-state index in [-0.39, 0.29) is 12.1 Å². The number of aromatic nitrogens is 2. The molecule has 1 aliphatic heterocycles. The quantitative estimate of drug-likeness (QED) is 0.248. The molecule has 0 spiro atoms. The van der Waals surface area contributed by atoms with E-state index in [1.165, 1.54) is 22.5 Å². The maximum atomic E-state index is 5.91. The van der Waals surface area contributed by atoms with Gasteiger partial charge in [0.1, 0.15) is 0 Å². The van der Waals surface area contributed by atoms with Crippen LogP contribution < -0.4 is 10.2 Å². The summed E-state index contributed by atoms with van der Waals surface area (Å²) in [5, 5.41) is 4.28. The highest BCUT2D eigenvalue weighted by atomic mass is 79.9. The smallest absolute Gasteiger partial charge is 0.174 e. The van der Waals surface area contributed by atoms with Crippen molar-refractivity contribution in [3.63, 3.8) is 0 Å². The van der Waals surface area contributed by atoms with Crippen molar-refractivity contribution in [1.29, 1.82) is 0 Å². The molecule has 3 heterocycles. The molecule has 0 saturated carbocycles. The largest absolute Gasteiger partial charge is 0.351 e. The molecule has 1 saturated heterocycles. The van der Waals surface area contributed by atoms with Gasteiger partial charge in [0, 0.05) is 32.2 Å². The van der Waals surface area contributed by atoms with Crippen LogP contribution in [0.4, 0.5) is 5.69 Å². The van der Waals surface area contributed by atoms with Crippen molar-refractivity contribution in [3.8, 4) is 5.69 Å². The number of hydrogen-bond donors (Lipinski definition) is 1. The molecule has 2 aromatic heterocycles. The van der Waals surface area contributed by atoms with E-state index in [0.717, 1.165) is 26.0 Å². The lowest BCUT2D eigenvalue weighted by atomic mass is 9.96. The Morgan fingerprint density at radius 3 is 2.38 bits per heavy atom. The number of para-hydroxylation sites is 1. The number of aryl methyl sites for hydroxylation is 2. The molecule has 0 aliphatic carbocycles. The Morgan fingerprint density at radius 2 is 1.68 bits per heavy atom. The lowest BCUT2D eigenvalue weighted by Gasteiger charge is -2.28. The van der Waals surface area contributed by atoms with Gasteiger partial charge in [0.15, 0.2) is 5.11 Å².